The molecular weight excluding hydrogens is 342 g/mol. The highest BCUT2D eigenvalue weighted by Gasteiger charge is 2.06. The standard InChI is InChI=1S/C22H21NO2S/c1-16(24)21-12-11-20(26-21)13-14-23-22(25)15-17-7-9-19(10-8-17)18-5-3-2-4-6-18/h2-12H,13-15H2,1H3,(H,23,25). The molecule has 0 saturated carbocycles. The van der Waals surface area contributed by atoms with Gasteiger partial charge in [0.25, 0.3) is 0 Å². The van der Waals surface area contributed by atoms with Gasteiger partial charge in [-0.1, -0.05) is 54.6 Å². The van der Waals surface area contributed by atoms with Crippen LogP contribution in [0.4, 0.5) is 0 Å². The number of thiophene rings is 1. The molecule has 0 aliphatic heterocycles. The molecule has 0 atom stereocenters. The SMILES string of the molecule is CC(=O)c1ccc(CCNC(=O)Cc2ccc(-c3ccccc3)cc2)s1. The number of rotatable bonds is 7. The Morgan fingerprint density at radius 3 is 2.23 bits per heavy atom. The Balaban J connectivity index is 1.48. The Hall–Kier alpha value is -2.72. The number of carbonyl (C=O) groups excluding carboxylic acids is 2. The highest BCUT2D eigenvalue weighted by Crippen LogP contribution is 2.19. The van der Waals surface area contributed by atoms with Crippen molar-refractivity contribution in [3.05, 3.63) is 82.0 Å². The molecule has 0 aliphatic rings. The van der Waals surface area contributed by atoms with Crippen molar-refractivity contribution in [2.45, 2.75) is 19.8 Å². The molecule has 0 bridgehead atoms. The third kappa shape index (κ3) is 4.90. The molecule has 1 heterocycles. The molecule has 0 saturated heterocycles. The van der Waals surface area contributed by atoms with E-state index < -0.39 is 0 Å². The average molecular weight is 363 g/mol. The Bertz CT molecular complexity index is 882. The molecule has 1 N–H and O–H groups in total. The summed E-state index contributed by atoms with van der Waals surface area (Å²) in [7, 11) is 0. The molecule has 3 nitrogen and oxygen atoms in total. The Labute approximate surface area is 157 Å². The van der Waals surface area contributed by atoms with E-state index in [9.17, 15) is 9.59 Å². The molecule has 1 aromatic heterocycles. The summed E-state index contributed by atoms with van der Waals surface area (Å²) in [5, 5.41) is 2.95. The first kappa shape index (κ1) is 18.1. The maximum atomic E-state index is 12.1. The molecule has 132 valence electrons. The zero-order valence-corrected chi connectivity index (χ0v) is 15.5. The summed E-state index contributed by atoms with van der Waals surface area (Å²) >= 11 is 1.50. The van der Waals surface area contributed by atoms with Gasteiger partial charge in [-0.3, -0.25) is 9.59 Å². The predicted molar refractivity (Wildman–Crippen MR) is 107 cm³/mol. The number of hydrogen-bond donors (Lipinski definition) is 1. The highest BCUT2D eigenvalue weighted by molar-refractivity contribution is 7.14. The summed E-state index contributed by atoms with van der Waals surface area (Å²) in [4.78, 5) is 25.3. The van der Waals surface area contributed by atoms with Crippen LogP contribution in [0, 0.1) is 0 Å². The molecule has 0 fully saturated rings. The minimum atomic E-state index is 0.0146. The van der Waals surface area contributed by atoms with E-state index in [0.717, 1.165) is 27.3 Å². The van der Waals surface area contributed by atoms with Crippen molar-refractivity contribution in [3.8, 4) is 11.1 Å². The van der Waals surface area contributed by atoms with Gasteiger partial charge in [0, 0.05) is 11.4 Å². The maximum absolute atomic E-state index is 12.1. The highest BCUT2D eigenvalue weighted by atomic mass is 32.1. The first-order valence-corrected chi connectivity index (χ1v) is 9.44. The summed E-state index contributed by atoms with van der Waals surface area (Å²) in [6.45, 7) is 2.15. The topological polar surface area (TPSA) is 46.2 Å². The molecule has 0 aliphatic carbocycles. The van der Waals surface area contributed by atoms with Crippen LogP contribution in [-0.2, 0) is 17.6 Å². The number of ketones is 1. The van der Waals surface area contributed by atoms with Crippen LogP contribution >= 0.6 is 11.3 Å². The van der Waals surface area contributed by atoms with E-state index in [1.807, 2.05) is 54.6 Å². The van der Waals surface area contributed by atoms with Gasteiger partial charge in [0.15, 0.2) is 5.78 Å². The van der Waals surface area contributed by atoms with Gasteiger partial charge in [0.2, 0.25) is 5.91 Å². The van der Waals surface area contributed by atoms with Crippen LogP contribution in [0.2, 0.25) is 0 Å². The lowest BCUT2D eigenvalue weighted by molar-refractivity contribution is -0.120. The van der Waals surface area contributed by atoms with Crippen LogP contribution in [0.25, 0.3) is 11.1 Å². The molecular formula is C22H21NO2S. The summed E-state index contributed by atoms with van der Waals surface area (Å²) in [6, 6.07) is 22.1. The number of Topliss-reactive ketones (excluding diaryl/α,β-unsaturated/α-hetero) is 1. The second-order valence-corrected chi connectivity index (χ2v) is 7.33. The third-order valence-electron chi connectivity index (χ3n) is 4.13. The lowest BCUT2D eigenvalue weighted by Crippen LogP contribution is -2.27. The number of carbonyl (C=O) groups is 2. The van der Waals surface area contributed by atoms with Gasteiger partial charge in [0.1, 0.15) is 0 Å². The smallest absolute Gasteiger partial charge is 0.224 e. The fourth-order valence-electron chi connectivity index (χ4n) is 2.72. The lowest BCUT2D eigenvalue weighted by Gasteiger charge is -2.06. The van der Waals surface area contributed by atoms with Crippen molar-refractivity contribution in [1.82, 2.24) is 5.32 Å². The maximum Gasteiger partial charge on any atom is 0.224 e. The van der Waals surface area contributed by atoms with Gasteiger partial charge >= 0.3 is 0 Å². The van der Waals surface area contributed by atoms with Gasteiger partial charge in [0.05, 0.1) is 11.3 Å². The van der Waals surface area contributed by atoms with Gasteiger partial charge < -0.3 is 5.32 Å². The Morgan fingerprint density at radius 1 is 0.885 bits per heavy atom. The van der Waals surface area contributed by atoms with Crippen molar-refractivity contribution in [3.63, 3.8) is 0 Å². The zero-order valence-electron chi connectivity index (χ0n) is 14.7. The summed E-state index contributed by atoms with van der Waals surface area (Å²) in [5.74, 6) is 0.102. The number of benzene rings is 2. The fraction of sp³-hybridized carbons (Fsp3) is 0.182. The summed E-state index contributed by atoms with van der Waals surface area (Å²) in [6.07, 6.45) is 1.12. The molecule has 1 amide bonds. The molecule has 0 spiro atoms. The molecule has 4 heteroatoms. The van der Waals surface area contributed by atoms with E-state index in [1.54, 1.807) is 6.92 Å². The monoisotopic (exact) mass is 363 g/mol. The van der Waals surface area contributed by atoms with Gasteiger partial charge in [-0.2, -0.15) is 0 Å². The summed E-state index contributed by atoms with van der Waals surface area (Å²) < 4.78 is 0. The minimum Gasteiger partial charge on any atom is -0.355 e. The van der Waals surface area contributed by atoms with Gasteiger partial charge in [-0.05, 0) is 42.2 Å². The predicted octanol–water partition coefficient (Wildman–Crippen LogP) is 4.52. The molecule has 3 aromatic rings. The first-order valence-electron chi connectivity index (χ1n) is 8.62. The fourth-order valence-corrected chi connectivity index (χ4v) is 3.62. The van der Waals surface area contributed by atoms with Crippen LogP contribution in [0.1, 0.15) is 27.0 Å². The van der Waals surface area contributed by atoms with E-state index in [-0.39, 0.29) is 11.7 Å². The minimum absolute atomic E-state index is 0.0146. The van der Waals surface area contributed by atoms with Crippen LogP contribution in [-0.4, -0.2) is 18.2 Å². The van der Waals surface area contributed by atoms with Crippen molar-refractivity contribution >= 4 is 23.0 Å². The quantitative estimate of drug-likeness (QED) is 0.627. The number of hydrogen-bond acceptors (Lipinski definition) is 3. The van der Waals surface area contributed by atoms with Crippen molar-refractivity contribution in [1.29, 1.82) is 0 Å². The number of nitrogens with one attached hydrogen (secondary N) is 1. The largest absolute Gasteiger partial charge is 0.355 e. The number of amides is 1. The van der Waals surface area contributed by atoms with E-state index in [2.05, 4.69) is 17.4 Å². The van der Waals surface area contributed by atoms with Gasteiger partial charge in [-0.25, -0.2) is 0 Å². The Kier molecular flexibility index (Phi) is 5.97. The molecule has 0 radical (unpaired) electrons. The third-order valence-corrected chi connectivity index (χ3v) is 5.37. The molecule has 26 heavy (non-hydrogen) atoms. The molecule has 3 rings (SSSR count). The van der Waals surface area contributed by atoms with Crippen LogP contribution in [0.5, 0.6) is 0 Å². The van der Waals surface area contributed by atoms with E-state index in [4.69, 9.17) is 0 Å². The summed E-state index contributed by atoms with van der Waals surface area (Å²) in [5.41, 5.74) is 3.32. The van der Waals surface area contributed by atoms with Crippen molar-refractivity contribution in [2.75, 3.05) is 6.54 Å². The van der Waals surface area contributed by atoms with Crippen molar-refractivity contribution in [2.24, 2.45) is 0 Å². The second-order valence-electron chi connectivity index (χ2n) is 6.16. The zero-order chi connectivity index (χ0) is 18.4. The molecule has 2 aromatic carbocycles. The first-order chi connectivity index (χ1) is 12.6. The van der Waals surface area contributed by atoms with Gasteiger partial charge in [-0.15, -0.1) is 11.3 Å². The van der Waals surface area contributed by atoms with Crippen LogP contribution in [0.3, 0.4) is 0 Å². The normalized spacial score (nSPS) is 10.5. The second kappa shape index (κ2) is 8.59. The van der Waals surface area contributed by atoms with Crippen molar-refractivity contribution < 1.29 is 9.59 Å². The van der Waals surface area contributed by atoms with E-state index in [0.29, 0.717) is 13.0 Å². The van der Waals surface area contributed by atoms with E-state index in [1.165, 1.54) is 16.9 Å². The van der Waals surface area contributed by atoms with Crippen LogP contribution in [0.15, 0.2) is 66.7 Å². The van der Waals surface area contributed by atoms with Crippen LogP contribution < -0.4 is 5.32 Å². The Morgan fingerprint density at radius 2 is 1.58 bits per heavy atom. The van der Waals surface area contributed by atoms with E-state index >= 15 is 0 Å². The lowest BCUT2D eigenvalue weighted by atomic mass is 10.0. The molecule has 0 unspecified atom stereocenters. The average Bonchev–Trinajstić information content (AvgIpc) is 3.12.